The number of anilines is 1. The van der Waals surface area contributed by atoms with Crippen LogP contribution in [-0.4, -0.2) is 24.9 Å². The molecule has 2 aromatic rings. The van der Waals surface area contributed by atoms with Gasteiger partial charge in [0.2, 0.25) is 0 Å². The lowest BCUT2D eigenvalue weighted by atomic mass is 10.2. The minimum atomic E-state index is 0.795. The highest BCUT2D eigenvalue weighted by Gasteiger charge is 2.04. The lowest BCUT2D eigenvalue weighted by molar-refractivity contribution is 0.415. The van der Waals surface area contributed by atoms with Crippen LogP contribution in [0.2, 0.25) is 0 Å². The monoisotopic (exact) mass is 388 g/mol. The molecule has 1 aromatic heterocycles. The average molecular weight is 389 g/mol. The molecule has 26 heavy (non-hydrogen) atoms. The number of methoxy groups -OCH3 is 1. The van der Waals surface area contributed by atoms with Gasteiger partial charge in [0, 0.05) is 17.5 Å². The summed E-state index contributed by atoms with van der Waals surface area (Å²) in [7, 11) is 1.67. The highest BCUT2D eigenvalue weighted by atomic mass is 32.2. The van der Waals surface area contributed by atoms with Crippen molar-refractivity contribution in [3.05, 3.63) is 65.9 Å². The fourth-order valence-electron chi connectivity index (χ4n) is 2.16. The second-order valence-corrected chi connectivity index (χ2v) is 6.90. The van der Waals surface area contributed by atoms with Crippen LogP contribution in [0.5, 0.6) is 5.75 Å². The number of thiazole rings is 1. The summed E-state index contributed by atoms with van der Waals surface area (Å²) >= 11 is 3.45. The zero-order valence-electron chi connectivity index (χ0n) is 15.8. The largest absolute Gasteiger partial charge is 0.497 e. The van der Waals surface area contributed by atoms with E-state index in [0.717, 1.165) is 41.5 Å². The van der Waals surface area contributed by atoms with Crippen molar-refractivity contribution >= 4 is 28.2 Å². The van der Waals surface area contributed by atoms with Crippen LogP contribution in [-0.2, 0) is 0 Å². The molecule has 3 nitrogen and oxygen atoms in total. The molecule has 0 spiro atoms. The molecule has 2 rings (SSSR count). The molecular formula is C21H28N2OS2. The molecule has 0 unspecified atom stereocenters. The number of hydrogen-bond donors (Lipinski definition) is 1. The third-order valence-electron chi connectivity index (χ3n) is 3.44. The molecule has 140 valence electrons. The van der Waals surface area contributed by atoms with Crippen molar-refractivity contribution in [3.8, 4) is 17.0 Å². The summed E-state index contributed by atoms with van der Waals surface area (Å²) in [5.74, 6) is 0.860. The predicted molar refractivity (Wildman–Crippen MR) is 119 cm³/mol. The van der Waals surface area contributed by atoms with Crippen LogP contribution in [0.1, 0.15) is 19.8 Å². The average Bonchev–Trinajstić information content (AvgIpc) is 3.17. The van der Waals surface area contributed by atoms with Gasteiger partial charge in [0.25, 0.3) is 0 Å². The van der Waals surface area contributed by atoms with E-state index in [1.165, 1.54) is 4.91 Å². The van der Waals surface area contributed by atoms with Crippen molar-refractivity contribution in [1.29, 1.82) is 0 Å². The van der Waals surface area contributed by atoms with Crippen molar-refractivity contribution in [2.45, 2.75) is 19.8 Å². The number of nitrogens with zero attached hydrogens (tertiary/aromatic N) is 1. The zero-order chi connectivity index (χ0) is 19.2. The van der Waals surface area contributed by atoms with Crippen molar-refractivity contribution in [3.63, 3.8) is 0 Å². The van der Waals surface area contributed by atoms with Gasteiger partial charge < -0.3 is 10.1 Å². The molecule has 0 fully saturated rings. The van der Waals surface area contributed by atoms with E-state index in [9.17, 15) is 0 Å². The molecule has 0 aliphatic rings. The van der Waals surface area contributed by atoms with Gasteiger partial charge in [0.05, 0.1) is 12.8 Å². The van der Waals surface area contributed by atoms with Crippen LogP contribution in [0.25, 0.3) is 11.3 Å². The molecule has 1 N–H and O–H groups in total. The first-order valence-corrected chi connectivity index (χ1v) is 10.6. The highest BCUT2D eigenvalue weighted by molar-refractivity contribution is 8.02. The number of ether oxygens (including phenoxy) is 1. The second-order valence-electron chi connectivity index (χ2n) is 5.11. The molecule has 1 aromatic carbocycles. The molecule has 0 aliphatic carbocycles. The van der Waals surface area contributed by atoms with Crippen molar-refractivity contribution in [2.75, 3.05) is 25.2 Å². The Kier molecular flexibility index (Phi) is 11.2. The van der Waals surface area contributed by atoms with Gasteiger partial charge in [-0.3, -0.25) is 0 Å². The Hall–Kier alpha value is -1.98. The second kappa shape index (κ2) is 13.3. The number of benzene rings is 1. The van der Waals surface area contributed by atoms with Crippen molar-refractivity contribution in [2.24, 2.45) is 0 Å². The number of aromatic nitrogens is 1. The summed E-state index contributed by atoms with van der Waals surface area (Å²) in [6, 6.07) is 7.97. The van der Waals surface area contributed by atoms with E-state index in [4.69, 9.17) is 4.74 Å². The maximum Gasteiger partial charge on any atom is 0.183 e. The van der Waals surface area contributed by atoms with Gasteiger partial charge in [0.15, 0.2) is 5.13 Å². The van der Waals surface area contributed by atoms with Crippen LogP contribution >= 0.6 is 23.1 Å². The Balaban J connectivity index is 0.00000163. The van der Waals surface area contributed by atoms with Gasteiger partial charge in [-0.05, 0) is 48.3 Å². The first kappa shape index (κ1) is 22.1. The Morgan fingerprint density at radius 2 is 2.00 bits per heavy atom. The van der Waals surface area contributed by atoms with Crippen LogP contribution in [0.4, 0.5) is 5.13 Å². The van der Waals surface area contributed by atoms with E-state index in [2.05, 4.69) is 60.2 Å². The van der Waals surface area contributed by atoms with Crippen LogP contribution < -0.4 is 10.1 Å². The molecular weight excluding hydrogens is 360 g/mol. The number of allylic oxidation sites excluding steroid dienone is 3. The summed E-state index contributed by atoms with van der Waals surface area (Å²) in [4.78, 5) is 6.05. The quantitative estimate of drug-likeness (QED) is 0.488. The van der Waals surface area contributed by atoms with Crippen LogP contribution in [0, 0.1) is 0 Å². The standard InChI is InChI=1S/C19H24N2OS2.C2H4/c1-4-7-17(23-3)8-5-6-13-20-19-21-18(14-24-19)15-9-11-16(22-2)12-10-15;1-2/h5-7,9-12,14H,4,8,13H2,1-3H3,(H,20,21);1-2H2/b6-5-,17-7+;. The zero-order valence-corrected chi connectivity index (χ0v) is 17.5. The number of rotatable bonds is 9. The Morgan fingerprint density at radius 1 is 1.27 bits per heavy atom. The fourth-order valence-corrected chi connectivity index (χ4v) is 3.48. The predicted octanol–water partition coefficient (Wildman–Crippen LogP) is 6.64. The number of nitrogens with one attached hydrogen (secondary N) is 1. The van der Waals surface area contributed by atoms with Crippen molar-refractivity contribution < 1.29 is 4.74 Å². The number of hydrogen-bond acceptors (Lipinski definition) is 5. The van der Waals surface area contributed by atoms with Gasteiger partial charge in [-0.1, -0.05) is 25.2 Å². The van der Waals surface area contributed by atoms with Crippen LogP contribution in [0.3, 0.4) is 0 Å². The summed E-state index contributed by atoms with van der Waals surface area (Å²) in [6.07, 6.45) is 10.9. The van der Waals surface area contributed by atoms with Crippen LogP contribution in [0.15, 0.2) is 65.9 Å². The summed E-state index contributed by atoms with van der Waals surface area (Å²) in [5, 5.41) is 6.37. The SMILES string of the molecule is C=C.CC/C=C(\C/C=C\CNc1nc(-c2ccc(OC)cc2)cs1)SC. The van der Waals surface area contributed by atoms with E-state index < -0.39 is 0 Å². The van der Waals surface area contributed by atoms with E-state index in [1.807, 2.05) is 36.0 Å². The third kappa shape index (κ3) is 7.50. The van der Waals surface area contributed by atoms with E-state index in [1.54, 1.807) is 18.4 Å². The van der Waals surface area contributed by atoms with Gasteiger partial charge >= 0.3 is 0 Å². The molecule has 0 bridgehead atoms. The summed E-state index contributed by atoms with van der Waals surface area (Å²) < 4.78 is 5.18. The lowest BCUT2D eigenvalue weighted by Gasteiger charge is -2.01. The Labute approximate surface area is 165 Å². The summed E-state index contributed by atoms with van der Waals surface area (Å²) in [5.41, 5.74) is 2.09. The molecule has 1 heterocycles. The fraction of sp³-hybridized carbons (Fsp3) is 0.286. The summed E-state index contributed by atoms with van der Waals surface area (Å²) in [6.45, 7) is 8.97. The first-order chi connectivity index (χ1) is 12.8. The van der Waals surface area contributed by atoms with Gasteiger partial charge in [-0.15, -0.1) is 36.3 Å². The molecule has 0 radical (unpaired) electrons. The molecule has 5 heteroatoms. The van der Waals surface area contributed by atoms with Gasteiger partial charge in [0.1, 0.15) is 5.75 Å². The molecule has 0 saturated carbocycles. The molecule has 0 aliphatic heterocycles. The topological polar surface area (TPSA) is 34.2 Å². The minimum Gasteiger partial charge on any atom is -0.497 e. The normalized spacial score (nSPS) is 11.1. The highest BCUT2D eigenvalue weighted by Crippen LogP contribution is 2.26. The Bertz CT molecular complexity index is 690. The van der Waals surface area contributed by atoms with E-state index in [0.29, 0.717) is 0 Å². The van der Waals surface area contributed by atoms with Gasteiger partial charge in [-0.2, -0.15) is 0 Å². The minimum absolute atomic E-state index is 0.795. The third-order valence-corrected chi connectivity index (χ3v) is 5.10. The molecule has 0 amide bonds. The van der Waals surface area contributed by atoms with E-state index in [-0.39, 0.29) is 0 Å². The Morgan fingerprint density at radius 3 is 2.62 bits per heavy atom. The smallest absolute Gasteiger partial charge is 0.183 e. The van der Waals surface area contributed by atoms with E-state index >= 15 is 0 Å². The lowest BCUT2D eigenvalue weighted by Crippen LogP contribution is -1.97. The first-order valence-electron chi connectivity index (χ1n) is 8.48. The molecule has 0 atom stereocenters. The van der Waals surface area contributed by atoms with Crippen molar-refractivity contribution in [1.82, 2.24) is 4.98 Å². The molecule has 0 saturated heterocycles. The van der Waals surface area contributed by atoms with Gasteiger partial charge in [-0.25, -0.2) is 4.98 Å². The maximum absolute atomic E-state index is 5.18. The number of thioether (sulfide) groups is 1. The maximum atomic E-state index is 5.18.